The van der Waals surface area contributed by atoms with Crippen LogP contribution in [0.3, 0.4) is 0 Å². The highest BCUT2D eigenvalue weighted by molar-refractivity contribution is 14.1. The summed E-state index contributed by atoms with van der Waals surface area (Å²) in [6, 6.07) is 4.64. The fourth-order valence-electron chi connectivity index (χ4n) is 2.18. The summed E-state index contributed by atoms with van der Waals surface area (Å²) in [5.41, 5.74) is 7.21. The van der Waals surface area contributed by atoms with Crippen molar-refractivity contribution in [3.05, 3.63) is 31.7 Å². The molecule has 0 aromatic carbocycles. The zero-order chi connectivity index (χ0) is 12.0. The topological polar surface area (TPSA) is 43.8 Å². The highest BCUT2D eigenvalue weighted by Crippen LogP contribution is 2.45. The van der Waals surface area contributed by atoms with Crippen LogP contribution in [0.1, 0.15) is 29.5 Å². The maximum Gasteiger partial charge on any atom is 0.136 e. The molecule has 1 aliphatic carbocycles. The van der Waals surface area contributed by atoms with Crippen molar-refractivity contribution in [1.29, 1.82) is 0 Å². The van der Waals surface area contributed by atoms with Gasteiger partial charge >= 0.3 is 0 Å². The molecule has 0 amide bonds. The normalized spacial score (nSPS) is 17.3. The number of thiophene rings is 1. The summed E-state index contributed by atoms with van der Waals surface area (Å²) < 4.78 is 3.12. The Balaban J connectivity index is 2.07. The molecule has 2 heterocycles. The van der Waals surface area contributed by atoms with E-state index in [-0.39, 0.29) is 0 Å². The lowest BCUT2D eigenvalue weighted by Crippen LogP contribution is -2.15. The smallest absolute Gasteiger partial charge is 0.136 e. The van der Waals surface area contributed by atoms with Gasteiger partial charge in [0.05, 0.1) is 15.3 Å². The Hall–Kier alpha value is -0.560. The van der Waals surface area contributed by atoms with Crippen LogP contribution in [-0.2, 0) is 0 Å². The van der Waals surface area contributed by atoms with Gasteiger partial charge in [-0.3, -0.25) is 0 Å². The summed E-state index contributed by atoms with van der Waals surface area (Å²) in [5, 5.41) is 6.75. The van der Waals surface area contributed by atoms with Gasteiger partial charge in [0, 0.05) is 4.88 Å². The van der Waals surface area contributed by atoms with E-state index >= 15 is 0 Å². The lowest BCUT2D eigenvalue weighted by Gasteiger charge is -2.17. The zero-order valence-electron chi connectivity index (χ0n) is 9.56. The summed E-state index contributed by atoms with van der Waals surface area (Å²) in [7, 11) is 0. The molecule has 90 valence electrons. The molecule has 2 N–H and O–H groups in total. The molecule has 3 rings (SSSR count). The average molecular weight is 359 g/mol. The van der Waals surface area contributed by atoms with Crippen molar-refractivity contribution in [3.63, 3.8) is 0 Å². The summed E-state index contributed by atoms with van der Waals surface area (Å²) >= 11 is 4.08. The molecular formula is C12H14IN3S. The van der Waals surface area contributed by atoms with E-state index in [9.17, 15) is 0 Å². The molecule has 2 aromatic rings. The monoisotopic (exact) mass is 359 g/mol. The number of nitrogens with two attached hydrogens (primary N) is 1. The molecule has 0 bridgehead atoms. The number of nitrogens with zero attached hydrogens (tertiary/aromatic N) is 2. The van der Waals surface area contributed by atoms with Crippen molar-refractivity contribution < 1.29 is 0 Å². The number of halogens is 1. The molecule has 0 radical (unpaired) electrons. The highest BCUT2D eigenvalue weighted by Gasteiger charge is 2.36. The summed E-state index contributed by atoms with van der Waals surface area (Å²) in [6.45, 7) is 2.02. The molecule has 0 spiro atoms. The van der Waals surface area contributed by atoms with Gasteiger partial charge in [0.25, 0.3) is 0 Å². The summed E-state index contributed by atoms with van der Waals surface area (Å²) in [5.74, 6) is 1.53. The van der Waals surface area contributed by atoms with E-state index in [4.69, 9.17) is 5.73 Å². The van der Waals surface area contributed by atoms with Crippen LogP contribution in [0.2, 0.25) is 0 Å². The molecule has 0 saturated heterocycles. The molecule has 1 atom stereocenters. The van der Waals surface area contributed by atoms with Crippen LogP contribution in [0, 0.1) is 16.4 Å². The van der Waals surface area contributed by atoms with Crippen molar-refractivity contribution in [2.75, 3.05) is 5.73 Å². The fourth-order valence-corrected chi connectivity index (χ4v) is 3.44. The first kappa shape index (κ1) is 11.5. The van der Waals surface area contributed by atoms with Crippen LogP contribution in [0.15, 0.2) is 17.5 Å². The molecule has 17 heavy (non-hydrogen) atoms. The molecule has 2 aromatic heterocycles. The predicted molar refractivity (Wildman–Crippen MR) is 79.3 cm³/mol. The van der Waals surface area contributed by atoms with Gasteiger partial charge in [-0.05, 0) is 59.7 Å². The van der Waals surface area contributed by atoms with E-state index in [1.807, 2.05) is 11.6 Å². The van der Waals surface area contributed by atoms with Gasteiger partial charge in [0.15, 0.2) is 0 Å². The van der Waals surface area contributed by atoms with E-state index < -0.39 is 0 Å². The van der Waals surface area contributed by atoms with Crippen LogP contribution in [-0.4, -0.2) is 9.78 Å². The molecule has 3 nitrogen and oxygen atoms in total. The maximum atomic E-state index is 6.17. The third-order valence-corrected chi connectivity index (χ3v) is 5.49. The second kappa shape index (κ2) is 4.28. The lowest BCUT2D eigenvalue weighted by molar-refractivity contribution is 0.482. The van der Waals surface area contributed by atoms with Crippen molar-refractivity contribution in [2.24, 2.45) is 5.92 Å². The van der Waals surface area contributed by atoms with Gasteiger partial charge in [0.1, 0.15) is 5.82 Å². The quantitative estimate of drug-likeness (QED) is 0.854. The van der Waals surface area contributed by atoms with Crippen LogP contribution < -0.4 is 5.73 Å². The van der Waals surface area contributed by atoms with E-state index in [0.717, 1.165) is 15.1 Å². The molecule has 5 heteroatoms. The number of aromatic nitrogens is 2. The van der Waals surface area contributed by atoms with Gasteiger partial charge < -0.3 is 5.73 Å². The first-order chi connectivity index (χ1) is 8.18. The molecule has 1 fully saturated rings. The number of rotatable bonds is 3. The van der Waals surface area contributed by atoms with Gasteiger partial charge in [-0.15, -0.1) is 11.3 Å². The lowest BCUT2D eigenvalue weighted by atomic mass is 10.1. The Morgan fingerprint density at radius 2 is 2.35 bits per heavy atom. The minimum Gasteiger partial charge on any atom is -0.383 e. The van der Waals surface area contributed by atoms with Crippen molar-refractivity contribution in [2.45, 2.75) is 25.8 Å². The Morgan fingerprint density at radius 1 is 1.59 bits per heavy atom. The van der Waals surface area contributed by atoms with Gasteiger partial charge in [-0.25, -0.2) is 4.68 Å². The summed E-state index contributed by atoms with van der Waals surface area (Å²) in [4.78, 5) is 1.37. The minimum atomic E-state index is 0.345. The van der Waals surface area contributed by atoms with E-state index in [1.165, 1.54) is 17.7 Å². The SMILES string of the molecule is Cc1nn(C(c2cccs2)C2CC2)c(N)c1I. The molecule has 1 unspecified atom stereocenters. The second-order valence-corrected chi connectivity index (χ2v) is 6.58. The molecule has 1 aliphatic rings. The molecular weight excluding hydrogens is 345 g/mol. The van der Waals surface area contributed by atoms with Crippen LogP contribution in [0.5, 0.6) is 0 Å². The predicted octanol–water partition coefficient (Wildman–Crippen LogP) is 3.44. The van der Waals surface area contributed by atoms with Gasteiger partial charge in [-0.2, -0.15) is 5.10 Å². The number of hydrogen-bond donors (Lipinski definition) is 1. The second-order valence-electron chi connectivity index (χ2n) is 4.53. The largest absolute Gasteiger partial charge is 0.383 e. The first-order valence-corrected chi connectivity index (χ1v) is 7.68. The van der Waals surface area contributed by atoms with Crippen LogP contribution in [0.25, 0.3) is 0 Å². The van der Waals surface area contributed by atoms with Crippen molar-refractivity contribution in [3.8, 4) is 0 Å². The van der Waals surface area contributed by atoms with Crippen molar-refractivity contribution >= 4 is 39.7 Å². The van der Waals surface area contributed by atoms with E-state index in [2.05, 4.69) is 45.2 Å². The first-order valence-electron chi connectivity index (χ1n) is 5.72. The molecule has 0 aliphatic heterocycles. The third-order valence-electron chi connectivity index (χ3n) is 3.21. The Bertz CT molecular complexity index is 528. The number of aryl methyl sites for hydroxylation is 1. The number of nitrogen functional groups attached to an aromatic ring is 1. The number of anilines is 1. The Kier molecular flexibility index (Phi) is 2.90. The third kappa shape index (κ3) is 1.99. The van der Waals surface area contributed by atoms with E-state index in [1.54, 1.807) is 11.3 Å². The van der Waals surface area contributed by atoms with Gasteiger partial charge in [0.2, 0.25) is 0 Å². The maximum absolute atomic E-state index is 6.17. The average Bonchev–Trinajstić information content (AvgIpc) is 2.94. The van der Waals surface area contributed by atoms with Crippen LogP contribution >= 0.6 is 33.9 Å². The Morgan fingerprint density at radius 3 is 2.82 bits per heavy atom. The number of hydrogen-bond acceptors (Lipinski definition) is 3. The van der Waals surface area contributed by atoms with Crippen molar-refractivity contribution in [1.82, 2.24) is 9.78 Å². The molecule has 1 saturated carbocycles. The van der Waals surface area contributed by atoms with Crippen LogP contribution in [0.4, 0.5) is 5.82 Å². The Labute approximate surface area is 118 Å². The summed E-state index contributed by atoms with van der Waals surface area (Å²) in [6.07, 6.45) is 2.58. The fraction of sp³-hybridized carbons (Fsp3) is 0.417. The zero-order valence-corrected chi connectivity index (χ0v) is 12.5. The van der Waals surface area contributed by atoms with Gasteiger partial charge in [-0.1, -0.05) is 6.07 Å². The highest BCUT2D eigenvalue weighted by atomic mass is 127. The van der Waals surface area contributed by atoms with E-state index in [0.29, 0.717) is 12.0 Å². The standard InChI is InChI=1S/C12H14IN3S/c1-7-10(13)12(14)16(15-7)11(8-4-5-8)9-3-2-6-17-9/h2-3,6,8,11H,4-5,14H2,1H3. The minimum absolute atomic E-state index is 0.345.